The van der Waals surface area contributed by atoms with Gasteiger partial charge in [-0.15, -0.1) is 0 Å². The Morgan fingerprint density at radius 3 is 2.62 bits per heavy atom. The zero-order chi connectivity index (χ0) is 17.3. The molecular formula is C18H19ClFN3O. The molecule has 0 aliphatic carbocycles. The van der Waals surface area contributed by atoms with E-state index in [0.29, 0.717) is 24.6 Å². The SMILES string of the molecule is Cc1cncnc1C1CCN(C(=O)c2c(F)ccc(C)c2Cl)CC1. The second-order valence-electron chi connectivity index (χ2n) is 6.21. The van der Waals surface area contributed by atoms with Crippen LogP contribution in [0.3, 0.4) is 0 Å². The number of amides is 1. The third kappa shape index (κ3) is 3.13. The highest BCUT2D eigenvalue weighted by molar-refractivity contribution is 6.34. The molecule has 126 valence electrons. The Labute approximate surface area is 145 Å². The zero-order valence-electron chi connectivity index (χ0n) is 13.7. The molecule has 24 heavy (non-hydrogen) atoms. The molecule has 2 aromatic rings. The number of nitrogens with zero attached hydrogens (tertiary/aromatic N) is 3. The molecular weight excluding hydrogens is 329 g/mol. The van der Waals surface area contributed by atoms with Gasteiger partial charge in [-0.2, -0.15) is 0 Å². The summed E-state index contributed by atoms with van der Waals surface area (Å²) >= 11 is 6.15. The van der Waals surface area contributed by atoms with Gasteiger partial charge in [-0.05, 0) is 43.9 Å². The van der Waals surface area contributed by atoms with Crippen LogP contribution in [0.15, 0.2) is 24.7 Å². The van der Waals surface area contributed by atoms with Crippen LogP contribution in [-0.4, -0.2) is 33.9 Å². The summed E-state index contributed by atoms with van der Waals surface area (Å²) in [6.07, 6.45) is 4.97. The summed E-state index contributed by atoms with van der Waals surface area (Å²) in [5.74, 6) is -0.599. The number of aryl methyl sites for hydroxylation is 2. The van der Waals surface area contributed by atoms with Crippen molar-refractivity contribution >= 4 is 17.5 Å². The predicted octanol–water partition coefficient (Wildman–Crippen LogP) is 3.91. The molecule has 1 saturated heterocycles. The molecule has 1 aromatic heterocycles. The molecule has 1 aliphatic rings. The normalized spacial score (nSPS) is 15.6. The minimum Gasteiger partial charge on any atom is -0.338 e. The van der Waals surface area contributed by atoms with Crippen molar-refractivity contribution in [2.45, 2.75) is 32.6 Å². The van der Waals surface area contributed by atoms with E-state index >= 15 is 0 Å². The highest BCUT2D eigenvalue weighted by Crippen LogP contribution is 2.31. The van der Waals surface area contributed by atoms with E-state index in [1.807, 2.05) is 13.1 Å². The van der Waals surface area contributed by atoms with Crippen LogP contribution in [0, 0.1) is 19.7 Å². The van der Waals surface area contributed by atoms with Crippen molar-refractivity contribution < 1.29 is 9.18 Å². The molecule has 1 fully saturated rings. The van der Waals surface area contributed by atoms with Crippen LogP contribution in [0.25, 0.3) is 0 Å². The van der Waals surface area contributed by atoms with Gasteiger partial charge in [-0.25, -0.2) is 14.4 Å². The molecule has 0 radical (unpaired) electrons. The van der Waals surface area contributed by atoms with Crippen LogP contribution in [0.1, 0.15) is 45.9 Å². The van der Waals surface area contributed by atoms with Gasteiger partial charge < -0.3 is 4.90 Å². The van der Waals surface area contributed by atoms with Gasteiger partial charge in [0.2, 0.25) is 0 Å². The number of aromatic nitrogens is 2. The predicted molar refractivity (Wildman–Crippen MR) is 90.8 cm³/mol. The van der Waals surface area contributed by atoms with Crippen molar-refractivity contribution in [1.82, 2.24) is 14.9 Å². The molecule has 1 aromatic carbocycles. The lowest BCUT2D eigenvalue weighted by molar-refractivity contribution is 0.0707. The lowest BCUT2D eigenvalue weighted by atomic mass is 9.91. The lowest BCUT2D eigenvalue weighted by Gasteiger charge is -2.32. The quantitative estimate of drug-likeness (QED) is 0.827. The molecule has 4 nitrogen and oxygen atoms in total. The fourth-order valence-corrected chi connectivity index (χ4v) is 3.44. The standard InChI is InChI=1S/C18H19ClFN3O/c1-11-3-4-14(20)15(16(11)19)18(24)23-7-5-13(6-8-23)17-12(2)9-21-10-22-17/h3-4,9-10,13H,5-8H2,1-2H3. The molecule has 0 bridgehead atoms. The summed E-state index contributed by atoms with van der Waals surface area (Å²) in [6, 6.07) is 2.88. The molecule has 0 N–H and O–H groups in total. The summed E-state index contributed by atoms with van der Waals surface area (Å²) < 4.78 is 14.1. The number of piperidine rings is 1. The first-order valence-corrected chi connectivity index (χ1v) is 8.37. The Bertz CT molecular complexity index is 773. The molecule has 1 aliphatic heterocycles. The minimum atomic E-state index is -0.565. The van der Waals surface area contributed by atoms with Crippen LogP contribution in [0.5, 0.6) is 0 Å². The molecule has 3 rings (SSSR count). The fraction of sp³-hybridized carbons (Fsp3) is 0.389. The van der Waals surface area contributed by atoms with E-state index in [-0.39, 0.29) is 16.5 Å². The fourth-order valence-electron chi connectivity index (χ4n) is 3.20. The number of hydrogen-bond donors (Lipinski definition) is 0. The summed E-state index contributed by atoms with van der Waals surface area (Å²) in [7, 11) is 0. The maximum atomic E-state index is 14.1. The first-order chi connectivity index (χ1) is 11.5. The van der Waals surface area contributed by atoms with E-state index in [9.17, 15) is 9.18 Å². The second kappa shape index (κ2) is 6.85. The maximum Gasteiger partial charge on any atom is 0.258 e. The molecule has 0 spiro atoms. The first-order valence-electron chi connectivity index (χ1n) is 7.99. The van der Waals surface area contributed by atoms with Gasteiger partial charge >= 0.3 is 0 Å². The van der Waals surface area contributed by atoms with Crippen molar-refractivity contribution in [1.29, 1.82) is 0 Å². The van der Waals surface area contributed by atoms with Crippen molar-refractivity contribution in [3.8, 4) is 0 Å². The van der Waals surface area contributed by atoms with Crippen LogP contribution in [0.2, 0.25) is 5.02 Å². The van der Waals surface area contributed by atoms with Crippen LogP contribution < -0.4 is 0 Å². The Morgan fingerprint density at radius 2 is 1.96 bits per heavy atom. The van der Waals surface area contributed by atoms with E-state index in [2.05, 4.69) is 9.97 Å². The van der Waals surface area contributed by atoms with Crippen molar-refractivity contribution in [2.24, 2.45) is 0 Å². The molecule has 6 heteroatoms. The number of likely N-dealkylation sites (tertiary alicyclic amines) is 1. The summed E-state index contributed by atoms with van der Waals surface area (Å²) in [5, 5.41) is 0.203. The van der Waals surface area contributed by atoms with Crippen molar-refractivity contribution in [3.05, 3.63) is 57.9 Å². The van der Waals surface area contributed by atoms with Crippen molar-refractivity contribution in [3.63, 3.8) is 0 Å². The van der Waals surface area contributed by atoms with Crippen molar-refractivity contribution in [2.75, 3.05) is 13.1 Å². The molecule has 2 heterocycles. The second-order valence-corrected chi connectivity index (χ2v) is 6.59. The molecule has 0 saturated carbocycles. The Hall–Kier alpha value is -2.01. The average Bonchev–Trinajstić information content (AvgIpc) is 2.59. The number of carbonyl (C=O) groups excluding carboxylic acids is 1. The Balaban J connectivity index is 1.75. The zero-order valence-corrected chi connectivity index (χ0v) is 14.5. The third-order valence-corrected chi connectivity index (χ3v) is 5.09. The van der Waals surface area contributed by atoms with Crippen LogP contribution in [-0.2, 0) is 0 Å². The van der Waals surface area contributed by atoms with Gasteiger partial charge in [-0.1, -0.05) is 17.7 Å². The van der Waals surface area contributed by atoms with Gasteiger partial charge in [0.25, 0.3) is 5.91 Å². The average molecular weight is 348 g/mol. The van der Waals surface area contributed by atoms with Gasteiger partial charge in [0.15, 0.2) is 0 Å². The van der Waals surface area contributed by atoms with Gasteiger partial charge in [0.05, 0.1) is 10.6 Å². The monoisotopic (exact) mass is 347 g/mol. The number of carbonyl (C=O) groups is 1. The van der Waals surface area contributed by atoms with Gasteiger partial charge in [0, 0.05) is 30.9 Å². The highest BCUT2D eigenvalue weighted by atomic mass is 35.5. The van der Waals surface area contributed by atoms with E-state index in [1.165, 1.54) is 6.07 Å². The van der Waals surface area contributed by atoms with E-state index < -0.39 is 5.82 Å². The van der Waals surface area contributed by atoms with E-state index in [1.54, 1.807) is 24.2 Å². The third-order valence-electron chi connectivity index (χ3n) is 4.60. The molecule has 1 amide bonds. The number of rotatable bonds is 2. The minimum absolute atomic E-state index is 0.0201. The van der Waals surface area contributed by atoms with Crippen LogP contribution in [0.4, 0.5) is 4.39 Å². The van der Waals surface area contributed by atoms with Gasteiger partial charge in [-0.3, -0.25) is 4.79 Å². The summed E-state index contributed by atoms with van der Waals surface area (Å²) in [5.41, 5.74) is 2.79. The molecule has 0 atom stereocenters. The van der Waals surface area contributed by atoms with Crippen LogP contribution >= 0.6 is 11.6 Å². The van der Waals surface area contributed by atoms with E-state index in [0.717, 1.165) is 24.1 Å². The summed E-state index contributed by atoms with van der Waals surface area (Å²) in [6.45, 7) is 4.89. The Morgan fingerprint density at radius 1 is 1.25 bits per heavy atom. The van der Waals surface area contributed by atoms with Gasteiger partial charge in [0.1, 0.15) is 12.1 Å². The highest BCUT2D eigenvalue weighted by Gasteiger charge is 2.29. The largest absolute Gasteiger partial charge is 0.338 e. The number of hydrogen-bond acceptors (Lipinski definition) is 3. The molecule has 0 unspecified atom stereocenters. The maximum absolute atomic E-state index is 14.1. The smallest absolute Gasteiger partial charge is 0.258 e. The lowest BCUT2D eigenvalue weighted by Crippen LogP contribution is -2.38. The number of halogens is 2. The first kappa shape index (κ1) is 16.8. The number of benzene rings is 1. The topological polar surface area (TPSA) is 46.1 Å². The Kier molecular flexibility index (Phi) is 4.81. The van der Waals surface area contributed by atoms with E-state index in [4.69, 9.17) is 11.6 Å². The summed E-state index contributed by atoms with van der Waals surface area (Å²) in [4.78, 5) is 22.7.